The van der Waals surface area contributed by atoms with Gasteiger partial charge in [0.1, 0.15) is 36.1 Å². The molecule has 3 aromatic carbocycles. The first-order valence-electron chi connectivity index (χ1n) is 21.0. The van der Waals surface area contributed by atoms with Gasteiger partial charge in [0.15, 0.2) is 0 Å². The molecule has 2 aliphatic rings. The molecule has 2 saturated heterocycles. The van der Waals surface area contributed by atoms with Crippen LogP contribution in [0.1, 0.15) is 96.8 Å². The fraction of sp³-hybridized carbons (Fsp3) is 0.574. The van der Waals surface area contributed by atoms with Crippen molar-refractivity contribution in [2.45, 2.75) is 148 Å². The van der Waals surface area contributed by atoms with Gasteiger partial charge in [0.05, 0.1) is 32.0 Å². The minimum Gasteiger partial charge on any atom is -0.444 e. The third-order valence-electron chi connectivity index (χ3n) is 10.9. The summed E-state index contributed by atoms with van der Waals surface area (Å²) in [7, 11) is 0. The van der Waals surface area contributed by atoms with Gasteiger partial charge in [-0.1, -0.05) is 131 Å². The Morgan fingerprint density at radius 2 is 1.32 bits per heavy atom. The molecule has 0 saturated carbocycles. The molecule has 0 spiro atoms. The van der Waals surface area contributed by atoms with Crippen LogP contribution in [0.4, 0.5) is 4.79 Å². The van der Waals surface area contributed by atoms with Crippen LogP contribution in [0.5, 0.6) is 0 Å². The molecule has 2 fully saturated rings. The molecule has 0 aromatic heterocycles. The van der Waals surface area contributed by atoms with Crippen LogP contribution in [0.3, 0.4) is 0 Å². The topological polar surface area (TPSA) is 116 Å². The maximum absolute atomic E-state index is 14.6. The number of aliphatic hydroxyl groups excluding tert-OH is 1. The van der Waals surface area contributed by atoms with Crippen LogP contribution in [0.15, 0.2) is 91.0 Å². The number of ether oxygens (including phenoxy) is 5. The summed E-state index contributed by atoms with van der Waals surface area (Å²) in [4.78, 5) is 29.9. The molecular formula is C47H66N2O8. The van der Waals surface area contributed by atoms with E-state index < -0.39 is 54.3 Å². The van der Waals surface area contributed by atoms with Crippen molar-refractivity contribution in [2.24, 2.45) is 11.8 Å². The van der Waals surface area contributed by atoms with E-state index in [1.165, 1.54) is 0 Å². The van der Waals surface area contributed by atoms with Crippen LogP contribution in [-0.4, -0.2) is 83.4 Å². The lowest BCUT2D eigenvalue weighted by molar-refractivity contribution is -0.273. The summed E-state index contributed by atoms with van der Waals surface area (Å²) in [6.07, 6.45) is 1.37. The summed E-state index contributed by atoms with van der Waals surface area (Å²) < 4.78 is 33.3. The van der Waals surface area contributed by atoms with E-state index in [1.807, 2.05) is 112 Å². The lowest BCUT2D eigenvalue weighted by Gasteiger charge is -2.49. The van der Waals surface area contributed by atoms with Gasteiger partial charge in [0.2, 0.25) is 5.91 Å². The van der Waals surface area contributed by atoms with Crippen LogP contribution in [0.25, 0.3) is 0 Å². The number of likely N-dealkylation sites (tertiary alicyclic amines) is 1. The molecule has 2 aliphatic heterocycles. The zero-order valence-electron chi connectivity index (χ0n) is 34.9. The Balaban J connectivity index is 1.49. The first kappa shape index (κ1) is 44.3. The molecule has 8 atom stereocenters. The average Bonchev–Trinajstić information content (AvgIpc) is 3.63. The van der Waals surface area contributed by atoms with Crippen molar-refractivity contribution in [1.29, 1.82) is 0 Å². The quantitative estimate of drug-likeness (QED) is 0.117. The van der Waals surface area contributed by atoms with Crippen molar-refractivity contribution in [2.75, 3.05) is 13.2 Å². The summed E-state index contributed by atoms with van der Waals surface area (Å²) in [6, 6.07) is 28.6. The Morgan fingerprint density at radius 3 is 1.81 bits per heavy atom. The molecule has 8 unspecified atom stereocenters. The van der Waals surface area contributed by atoms with Crippen molar-refractivity contribution in [1.82, 2.24) is 10.2 Å². The van der Waals surface area contributed by atoms with Crippen LogP contribution in [-0.2, 0) is 48.3 Å². The smallest absolute Gasteiger partial charge is 0.410 e. The number of rotatable bonds is 19. The largest absolute Gasteiger partial charge is 0.444 e. The van der Waals surface area contributed by atoms with Crippen LogP contribution in [0.2, 0.25) is 0 Å². The minimum absolute atomic E-state index is 0.107. The molecule has 57 heavy (non-hydrogen) atoms. The Morgan fingerprint density at radius 1 is 0.789 bits per heavy atom. The fourth-order valence-corrected chi connectivity index (χ4v) is 7.95. The second-order valence-corrected chi connectivity index (χ2v) is 17.0. The minimum atomic E-state index is -0.701. The van der Waals surface area contributed by atoms with Gasteiger partial charge in [-0.25, -0.2) is 4.79 Å². The number of carbonyl (C=O) groups excluding carboxylic acids is 2. The maximum Gasteiger partial charge on any atom is 0.410 e. The Bertz CT molecular complexity index is 1620. The molecule has 2 amide bonds. The zero-order chi connectivity index (χ0) is 40.8. The first-order valence-corrected chi connectivity index (χ1v) is 21.0. The van der Waals surface area contributed by atoms with Crippen molar-refractivity contribution in [3.8, 4) is 0 Å². The average molecular weight is 787 g/mol. The summed E-state index contributed by atoms with van der Waals surface area (Å²) in [5.74, 6) is -0.159. The Hall–Kier alpha value is -3.80. The number of carbonyl (C=O) groups is 2. The van der Waals surface area contributed by atoms with Gasteiger partial charge in [-0.05, 0) is 68.6 Å². The molecule has 2 N–H and O–H groups in total. The SMILES string of the molecule is CCCCCC1CC(C(=O)NC(C(C)C)C2OC(CCO)C(OCc3ccccc3)C(OCc3ccccc3)C2OCc2ccccc2)N(C(=O)OC(C)(C)C)C1. The predicted molar refractivity (Wildman–Crippen MR) is 221 cm³/mol. The van der Waals surface area contributed by atoms with Crippen LogP contribution < -0.4 is 5.32 Å². The second-order valence-electron chi connectivity index (χ2n) is 17.0. The van der Waals surface area contributed by atoms with Crippen molar-refractivity contribution in [3.63, 3.8) is 0 Å². The fourth-order valence-electron chi connectivity index (χ4n) is 7.95. The van der Waals surface area contributed by atoms with E-state index in [-0.39, 0.29) is 31.0 Å². The lowest BCUT2D eigenvalue weighted by atomic mass is 9.85. The number of hydrogen-bond acceptors (Lipinski definition) is 8. The molecular weight excluding hydrogens is 721 g/mol. The van der Waals surface area contributed by atoms with E-state index in [9.17, 15) is 14.7 Å². The summed E-state index contributed by atoms with van der Waals surface area (Å²) in [5.41, 5.74) is 2.27. The number of nitrogens with zero attached hydrogens (tertiary/aromatic N) is 1. The van der Waals surface area contributed by atoms with Crippen LogP contribution in [0, 0.1) is 11.8 Å². The molecule has 3 aromatic rings. The van der Waals surface area contributed by atoms with E-state index in [2.05, 4.69) is 26.1 Å². The van der Waals surface area contributed by atoms with E-state index in [1.54, 1.807) is 4.90 Å². The van der Waals surface area contributed by atoms with Gasteiger partial charge < -0.3 is 34.1 Å². The maximum atomic E-state index is 14.6. The molecule has 10 nitrogen and oxygen atoms in total. The highest BCUT2D eigenvalue weighted by molar-refractivity contribution is 5.86. The number of hydrogen-bond donors (Lipinski definition) is 2. The normalized spacial score (nSPS) is 24.4. The third-order valence-corrected chi connectivity index (χ3v) is 10.9. The van der Waals surface area contributed by atoms with Crippen molar-refractivity contribution < 1.29 is 38.4 Å². The zero-order valence-corrected chi connectivity index (χ0v) is 34.9. The van der Waals surface area contributed by atoms with Crippen LogP contribution >= 0.6 is 0 Å². The molecule has 5 rings (SSSR count). The Kier molecular flexibility index (Phi) is 17.0. The van der Waals surface area contributed by atoms with Gasteiger partial charge in [0.25, 0.3) is 0 Å². The molecule has 0 radical (unpaired) electrons. The lowest BCUT2D eigenvalue weighted by Crippen LogP contribution is -2.66. The number of amides is 2. The predicted octanol–water partition coefficient (Wildman–Crippen LogP) is 8.24. The van der Waals surface area contributed by atoms with Crippen molar-refractivity contribution >= 4 is 12.0 Å². The highest BCUT2D eigenvalue weighted by atomic mass is 16.6. The highest BCUT2D eigenvalue weighted by Gasteiger charge is 2.52. The Labute approximate surface area is 340 Å². The summed E-state index contributed by atoms with van der Waals surface area (Å²) in [5, 5.41) is 13.8. The van der Waals surface area contributed by atoms with E-state index in [0.29, 0.717) is 32.6 Å². The number of unbranched alkanes of at least 4 members (excludes halogenated alkanes) is 2. The van der Waals surface area contributed by atoms with Gasteiger partial charge in [-0.2, -0.15) is 0 Å². The van der Waals surface area contributed by atoms with E-state index >= 15 is 0 Å². The molecule has 0 bridgehead atoms. The standard InChI is InChI=1S/C47H66N2O8/c1-7-8-12-25-37-28-38(49(29-37)46(52)57-47(4,5)6)45(51)48-40(33(2)3)42-44(55-32-36-23-17-11-18-24-36)43(54-31-35-21-15-10-16-22-35)41(39(56-42)26-27-50)53-30-34-19-13-9-14-20-34/h9-11,13-24,33,37-44,50H,7-8,12,25-32H2,1-6H3,(H,48,51). The van der Waals surface area contributed by atoms with Gasteiger partial charge in [0, 0.05) is 13.2 Å². The second kappa shape index (κ2) is 21.8. The molecule has 2 heterocycles. The summed E-state index contributed by atoms with van der Waals surface area (Å²) >= 11 is 0. The first-order chi connectivity index (χ1) is 27.5. The van der Waals surface area contributed by atoms with Gasteiger partial charge in [-0.15, -0.1) is 0 Å². The van der Waals surface area contributed by atoms with E-state index in [0.717, 1.165) is 42.4 Å². The summed E-state index contributed by atoms with van der Waals surface area (Å²) in [6.45, 7) is 13.0. The van der Waals surface area contributed by atoms with Gasteiger partial charge in [-0.3, -0.25) is 9.69 Å². The third kappa shape index (κ3) is 13.1. The molecule has 312 valence electrons. The number of benzene rings is 3. The van der Waals surface area contributed by atoms with E-state index in [4.69, 9.17) is 23.7 Å². The monoisotopic (exact) mass is 786 g/mol. The van der Waals surface area contributed by atoms with Gasteiger partial charge >= 0.3 is 6.09 Å². The highest BCUT2D eigenvalue weighted by Crippen LogP contribution is 2.36. The molecule has 0 aliphatic carbocycles. The van der Waals surface area contributed by atoms with Crippen molar-refractivity contribution in [3.05, 3.63) is 108 Å². The molecule has 10 heteroatoms. The number of aliphatic hydroxyl groups is 1. The number of nitrogens with one attached hydrogen (secondary N) is 1.